The summed E-state index contributed by atoms with van der Waals surface area (Å²) >= 11 is 0. The Morgan fingerprint density at radius 1 is 1.00 bits per heavy atom. The van der Waals surface area contributed by atoms with Crippen LogP contribution in [0.15, 0.2) is 0 Å². The molecule has 0 aromatic carbocycles. The fourth-order valence-corrected chi connectivity index (χ4v) is 0.714. The molecular formula is C6H12NO7. The van der Waals surface area contributed by atoms with E-state index in [0.717, 1.165) is 0 Å². The molecule has 8 nitrogen and oxygen atoms in total. The van der Waals surface area contributed by atoms with Crippen molar-refractivity contribution in [3.63, 3.8) is 0 Å². The molecule has 83 valence electrons. The molecule has 0 aliphatic rings. The van der Waals surface area contributed by atoms with Gasteiger partial charge in [-0.3, -0.25) is 9.59 Å². The third-order valence-corrected chi connectivity index (χ3v) is 1.29. The lowest BCUT2D eigenvalue weighted by Crippen LogP contribution is -2.42. The molecule has 0 atom stereocenters. The van der Waals surface area contributed by atoms with E-state index in [2.05, 4.69) is 0 Å². The summed E-state index contributed by atoms with van der Waals surface area (Å²) < 4.78 is 0. The molecule has 0 rings (SSSR count). The maximum Gasteiger partial charge on any atom is 0.336 e. The first kappa shape index (κ1) is 14.8. The second-order valence-corrected chi connectivity index (χ2v) is 2.48. The van der Waals surface area contributed by atoms with Crippen LogP contribution < -0.4 is 6.15 Å². The van der Waals surface area contributed by atoms with Crippen LogP contribution in [0.25, 0.3) is 0 Å². The van der Waals surface area contributed by atoms with Gasteiger partial charge in [0.05, 0.1) is 12.8 Å². The van der Waals surface area contributed by atoms with Gasteiger partial charge in [0.25, 0.3) is 0 Å². The van der Waals surface area contributed by atoms with Crippen molar-refractivity contribution >= 4 is 17.9 Å². The fourth-order valence-electron chi connectivity index (χ4n) is 0.714. The minimum atomic E-state index is -2.74. The first-order valence-electron chi connectivity index (χ1n) is 3.17. The monoisotopic (exact) mass is 210 g/mol. The Labute approximate surface area is 79.8 Å². The van der Waals surface area contributed by atoms with E-state index in [-0.39, 0.29) is 7.58 Å². The number of hydrogen-bond donors (Lipinski definition) is 5. The zero-order valence-corrected chi connectivity index (χ0v) is 7.13. The molecule has 0 saturated heterocycles. The average molecular weight is 210 g/mol. The third-order valence-electron chi connectivity index (χ3n) is 1.29. The Morgan fingerprint density at radius 3 is 1.43 bits per heavy atom. The number of carboxylic acids is 3. The molecule has 14 heavy (non-hydrogen) atoms. The summed E-state index contributed by atoms with van der Waals surface area (Å²) in [5.74, 6) is -5.02. The SMILES string of the molecule is N.O=C(O)CC(O)(CC(=O)O)C(=O)O.[H]. The van der Waals surface area contributed by atoms with Crippen molar-refractivity contribution in [1.29, 1.82) is 0 Å². The highest BCUT2D eigenvalue weighted by Gasteiger charge is 2.40. The van der Waals surface area contributed by atoms with Gasteiger partial charge in [0, 0.05) is 1.43 Å². The molecule has 0 fully saturated rings. The highest BCUT2D eigenvalue weighted by molar-refractivity contribution is 5.88. The summed E-state index contributed by atoms with van der Waals surface area (Å²) in [6, 6.07) is 0. The van der Waals surface area contributed by atoms with Gasteiger partial charge in [-0.2, -0.15) is 0 Å². The number of rotatable bonds is 5. The van der Waals surface area contributed by atoms with Crippen molar-refractivity contribution in [2.75, 3.05) is 0 Å². The molecule has 0 saturated carbocycles. The molecule has 0 spiro atoms. The van der Waals surface area contributed by atoms with Crippen LogP contribution in [0.4, 0.5) is 0 Å². The summed E-state index contributed by atoms with van der Waals surface area (Å²) in [6.45, 7) is 0. The van der Waals surface area contributed by atoms with Gasteiger partial charge in [0.1, 0.15) is 0 Å². The molecule has 0 aliphatic heterocycles. The van der Waals surface area contributed by atoms with Crippen LogP contribution in [0.3, 0.4) is 0 Å². The Hall–Kier alpha value is -1.67. The molecule has 0 aliphatic carbocycles. The lowest BCUT2D eigenvalue weighted by Gasteiger charge is -2.18. The maximum absolute atomic E-state index is 10.3. The third kappa shape index (κ3) is 4.38. The largest absolute Gasteiger partial charge is 0.481 e. The van der Waals surface area contributed by atoms with Gasteiger partial charge in [0.2, 0.25) is 0 Å². The van der Waals surface area contributed by atoms with Crippen molar-refractivity contribution in [2.24, 2.45) is 0 Å². The van der Waals surface area contributed by atoms with E-state index >= 15 is 0 Å². The number of aliphatic hydroxyl groups is 1. The standard InChI is InChI=1S/C6H8O7.H3N.H/c7-3(8)1-6(13,5(11)12)2-4(9)10;;/h13H,1-2H2,(H,7,8)(H,9,10)(H,11,12);1H3;. The Morgan fingerprint density at radius 2 is 1.29 bits per heavy atom. The van der Waals surface area contributed by atoms with Gasteiger partial charge < -0.3 is 26.6 Å². The summed E-state index contributed by atoms with van der Waals surface area (Å²) in [6.07, 6.45) is -2.29. The van der Waals surface area contributed by atoms with Crippen LogP contribution in [0, 0.1) is 0 Å². The van der Waals surface area contributed by atoms with E-state index in [4.69, 9.17) is 20.4 Å². The number of carboxylic acid groups (broad SMARTS) is 3. The molecule has 8 heteroatoms. The van der Waals surface area contributed by atoms with E-state index in [1.54, 1.807) is 0 Å². The molecular weight excluding hydrogens is 198 g/mol. The lowest BCUT2D eigenvalue weighted by molar-refractivity contribution is -0.170. The summed E-state index contributed by atoms with van der Waals surface area (Å²) in [5.41, 5.74) is -2.74. The average Bonchev–Trinajstić information content (AvgIpc) is 1.82. The first-order valence-corrected chi connectivity index (χ1v) is 3.17. The van der Waals surface area contributed by atoms with Gasteiger partial charge >= 0.3 is 17.9 Å². The van der Waals surface area contributed by atoms with Crippen LogP contribution in [-0.2, 0) is 14.4 Å². The molecule has 0 unspecified atom stereocenters. The molecule has 0 heterocycles. The molecule has 0 aromatic heterocycles. The highest BCUT2D eigenvalue weighted by atomic mass is 16.4. The predicted molar refractivity (Wildman–Crippen MR) is 43.2 cm³/mol. The number of carbonyl (C=O) groups is 3. The van der Waals surface area contributed by atoms with E-state index in [0.29, 0.717) is 0 Å². The minimum Gasteiger partial charge on any atom is -0.481 e. The van der Waals surface area contributed by atoms with E-state index in [1.165, 1.54) is 0 Å². The van der Waals surface area contributed by atoms with Crippen LogP contribution in [0.2, 0.25) is 0 Å². The topological polar surface area (TPSA) is 167 Å². The van der Waals surface area contributed by atoms with E-state index < -0.39 is 36.4 Å². The molecule has 0 amide bonds. The van der Waals surface area contributed by atoms with Gasteiger partial charge in [-0.05, 0) is 0 Å². The molecule has 1 radical (unpaired) electrons. The zero-order chi connectivity index (χ0) is 10.6. The number of aliphatic carboxylic acids is 3. The second-order valence-electron chi connectivity index (χ2n) is 2.48. The van der Waals surface area contributed by atoms with Crippen molar-refractivity contribution in [1.82, 2.24) is 6.15 Å². The van der Waals surface area contributed by atoms with Crippen molar-refractivity contribution in [3.8, 4) is 0 Å². The second kappa shape index (κ2) is 5.14. The quantitative estimate of drug-likeness (QED) is 0.386. The smallest absolute Gasteiger partial charge is 0.336 e. The van der Waals surface area contributed by atoms with Crippen molar-refractivity contribution in [2.45, 2.75) is 18.4 Å². The van der Waals surface area contributed by atoms with Crippen LogP contribution >= 0.6 is 0 Å². The molecule has 7 N–H and O–H groups in total. The maximum atomic E-state index is 10.3. The zero-order valence-electron chi connectivity index (χ0n) is 8.13. The van der Waals surface area contributed by atoms with E-state index in [9.17, 15) is 14.4 Å². The highest BCUT2D eigenvalue weighted by Crippen LogP contribution is 2.15. The van der Waals surface area contributed by atoms with Crippen LogP contribution in [0.5, 0.6) is 0 Å². The van der Waals surface area contributed by atoms with Crippen molar-refractivity contribution < 1.29 is 36.2 Å². The van der Waals surface area contributed by atoms with Gasteiger partial charge in [-0.25, -0.2) is 4.79 Å². The minimum absolute atomic E-state index is 0. The number of hydrogen-bond acceptors (Lipinski definition) is 5. The molecule has 0 aromatic rings. The lowest BCUT2D eigenvalue weighted by atomic mass is 9.96. The van der Waals surface area contributed by atoms with Gasteiger partial charge in [-0.1, -0.05) is 0 Å². The molecule has 0 bridgehead atoms. The van der Waals surface area contributed by atoms with Gasteiger partial charge in [-0.15, -0.1) is 0 Å². The Bertz CT molecular complexity index is 238. The van der Waals surface area contributed by atoms with E-state index in [1.807, 2.05) is 0 Å². The van der Waals surface area contributed by atoms with Crippen LogP contribution in [0.1, 0.15) is 14.3 Å². The summed E-state index contributed by atoms with van der Waals surface area (Å²) in [5, 5.41) is 33.8. The Balaban J connectivity index is -0.000000720. The fraction of sp³-hybridized carbons (Fsp3) is 0.500. The summed E-state index contributed by atoms with van der Waals surface area (Å²) in [7, 11) is 0. The predicted octanol–water partition coefficient (Wildman–Crippen LogP) is -0.974. The Kier molecular flexibility index (Phi) is 5.45. The first-order chi connectivity index (χ1) is 5.78. The van der Waals surface area contributed by atoms with Crippen molar-refractivity contribution in [3.05, 3.63) is 0 Å². The summed E-state index contributed by atoms with van der Waals surface area (Å²) in [4.78, 5) is 30.5. The van der Waals surface area contributed by atoms with Crippen LogP contribution in [-0.4, -0.2) is 43.9 Å². The normalized spacial score (nSPS) is 10.1. The van der Waals surface area contributed by atoms with Gasteiger partial charge in [0.15, 0.2) is 5.60 Å².